The second kappa shape index (κ2) is 8.91. The maximum Gasteiger partial charge on any atom is 0.303 e. The molecule has 0 aromatic heterocycles. The van der Waals surface area contributed by atoms with Crippen molar-refractivity contribution in [3.63, 3.8) is 0 Å². The molecule has 2 aromatic rings. The number of hydrogen-bond acceptors (Lipinski definition) is 3. The molecule has 0 aliphatic carbocycles. The molecule has 0 saturated heterocycles. The molecular formula is C19H23NO4. The van der Waals surface area contributed by atoms with E-state index in [2.05, 4.69) is 5.32 Å². The van der Waals surface area contributed by atoms with E-state index >= 15 is 0 Å². The minimum Gasteiger partial charge on any atom is -0.497 e. The third kappa shape index (κ3) is 5.26. The summed E-state index contributed by atoms with van der Waals surface area (Å²) in [6, 6.07) is 11.3. The van der Waals surface area contributed by atoms with Gasteiger partial charge >= 0.3 is 5.97 Å². The fourth-order valence-electron chi connectivity index (χ4n) is 2.55. The predicted molar refractivity (Wildman–Crippen MR) is 93.6 cm³/mol. The number of methoxy groups -OCH3 is 1. The van der Waals surface area contributed by atoms with Crippen LogP contribution in [0.5, 0.6) is 5.75 Å². The summed E-state index contributed by atoms with van der Waals surface area (Å²) in [5, 5.41) is 13.5. The van der Waals surface area contributed by atoms with Gasteiger partial charge in [0.05, 0.1) is 7.11 Å². The number of amides is 1. The summed E-state index contributed by atoms with van der Waals surface area (Å²) >= 11 is 0. The van der Waals surface area contributed by atoms with Crippen LogP contribution in [0, 0.1) is 0 Å². The number of carbonyl (C=O) groups is 2. The maximum absolute atomic E-state index is 12.2. The minimum atomic E-state index is -0.753. The smallest absolute Gasteiger partial charge is 0.303 e. The van der Waals surface area contributed by atoms with Gasteiger partial charge < -0.3 is 15.2 Å². The molecule has 24 heavy (non-hydrogen) atoms. The Morgan fingerprint density at radius 3 is 2.46 bits per heavy atom. The fourth-order valence-corrected chi connectivity index (χ4v) is 2.55. The first-order chi connectivity index (χ1) is 11.6. The van der Waals surface area contributed by atoms with Gasteiger partial charge in [0.15, 0.2) is 0 Å². The van der Waals surface area contributed by atoms with Crippen LogP contribution < -0.4 is 10.1 Å². The van der Waals surface area contributed by atoms with Crippen LogP contribution in [-0.2, 0) is 4.79 Å². The summed E-state index contributed by atoms with van der Waals surface area (Å²) in [4.78, 5) is 22.6. The third-order valence-corrected chi connectivity index (χ3v) is 3.91. The molecule has 1 amide bonds. The number of nitrogens with one attached hydrogen (secondary N) is 1. The van der Waals surface area contributed by atoms with E-state index in [0.29, 0.717) is 18.5 Å². The van der Waals surface area contributed by atoms with Crippen LogP contribution in [0.15, 0.2) is 36.4 Å². The highest BCUT2D eigenvalue weighted by Gasteiger charge is 2.06. The van der Waals surface area contributed by atoms with Crippen molar-refractivity contribution in [2.45, 2.75) is 32.1 Å². The molecule has 0 unspecified atom stereocenters. The number of carbonyl (C=O) groups excluding carboxylic acids is 1. The number of benzene rings is 2. The zero-order valence-electron chi connectivity index (χ0n) is 13.9. The number of carboxylic acids is 1. The zero-order chi connectivity index (χ0) is 17.4. The van der Waals surface area contributed by atoms with Gasteiger partial charge in [-0.2, -0.15) is 0 Å². The molecule has 5 heteroatoms. The normalized spacial score (nSPS) is 10.5. The van der Waals surface area contributed by atoms with E-state index in [1.807, 2.05) is 36.4 Å². The Morgan fingerprint density at radius 2 is 1.71 bits per heavy atom. The van der Waals surface area contributed by atoms with Gasteiger partial charge in [0, 0.05) is 18.5 Å². The van der Waals surface area contributed by atoms with Gasteiger partial charge in [-0.15, -0.1) is 0 Å². The van der Waals surface area contributed by atoms with Gasteiger partial charge in [-0.3, -0.25) is 9.59 Å². The summed E-state index contributed by atoms with van der Waals surface area (Å²) in [6.45, 7) is 0.604. The van der Waals surface area contributed by atoms with Gasteiger partial charge in [0.2, 0.25) is 0 Å². The Balaban J connectivity index is 1.80. The molecular weight excluding hydrogens is 306 g/mol. The van der Waals surface area contributed by atoms with Crippen molar-refractivity contribution in [1.82, 2.24) is 5.32 Å². The summed E-state index contributed by atoms with van der Waals surface area (Å²) in [5.41, 5.74) is 0.638. The molecule has 0 bridgehead atoms. The Labute approximate surface area is 141 Å². The van der Waals surface area contributed by atoms with Crippen molar-refractivity contribution in [3.05, 3.63) is 42.0 Å². The topological polar surface area (TPSA) is 75.6 Å². The van der Waals surface area contributed by atoms with Crippen molar-refractivity contribution in [1.29, 1.82) is 0 Å². The number of unbranched alkanes of at least 4 members (excludes halogenated alkanes) is 3. The zero-order valence-corrected chi connectivity index (χ0v) is 13.9. The number of rotatable bonds is 9. The van der Waals surface area contributed by atoms with Crippen molar-refractivity contribution in [2.75, 3.05) is 13.7 Å². The molecule has 128 valence electrons. The van der Waals surface area contributed by atoms with Crippen LogP contribution in [0.25, 0.3) is 10.8 Å². The average molecular weight is 329 g/mol. The second-order valence-corrected chi connectivity index (χ2v) is 5.74. The number of hydrogen-bond donors (Lipinski definition) is 2. The van der Waals surface area contributed by atoms with E-state index in [9.17, 15) is 9.59 Å². The minimum absolute atomic E-state index is 0.0849. The first kappa shape index (κ1) is 17.8. The largest absolute Gasteiger partial charge is 0.497 e. The Kier molecular flexibility index (Phi) is 6.61. The lowest BCUT2D eigenvalue weighted by molar-refractivity contribution is -0.137. The average Bonchev–Trinajstić information content (AvgIpc) is 2.59. The molecule has 0 atom stereocenters. The summed E-state index contributed by atoms with van der Waals surface area (Å²) in [6.07, 6.45) is 3.56. The van der Waals surface area contributed by atoms with Gasteiger partial charge in [-0.05, 0) is 47.9 Å². The van der Waals surface area contributed by atoms with Gasteiger partial charge in [-0.25, -0.2) is 0 Å². The van der Waals surface area contributed by atoms with E-state index < -0.39 is 5.97 Å². The molecule has 0 heterocycles. The lowest BCUT2D eigenvalue weighted by atomic mass is 10.1. The van der Waals surface area contributed by atoms with Crippen LogP contribution in [0.3, 0.4) is 0 Å². The first-order valence-corrected chi connectivity index (χ1v) is 8.18. The molecule has 2 N–H and O–H groups in total. The Morgan fingerprint density at radius 1 is 1.00 bits per heavy atom. The van der Waals surface area contributed by atoms with Crippen molar-refractivity contribution >= 4 is 22.6 Å². The second-order valence-electron chi connectivity index (χ2n) is 5.74. The maximum atomic E-state index is 12.2. The van der Waals surface area contributed by atoms with Crippen LogP contribution >= 0.6 is 0 Å². The van der Waals surface area contributed by atoms with E-state index in [4.69, 9.17) is 9.84 Å². The fraction of sp³-hybridized carbons (Fsp3) is 0.368. The number of carboxylic acid groups (broad SMARTS) is 1. The Hall–Kier alpha value is -2.56. The summed E-state index contributed by atoms with van der Waals surface area (Å²) in [7, 11) is 1.63. The van der Waals surface area contributed by atoms with E-state index in [1.165, 1.54) is 0 Å². The number of aliphatic carboxylic acids is 1. The highest BCUT2D eigenvalue weighted by Crippen LogP contribution is 2.21. The van der Waals surface area contributed by atoms with E-state index in [1.54, 1.807) is 7.11 Å². The number of ether oxygens (including phenoxy) is 1. The van der Waals surface area contributed by atoms with Crippen molar-refractivity contribution in [2.24, 2.45) is 0 Å². The quantitative estimate of drug-likeness (QED) is 0.689. The molecule has 0 radical (unpaired) electrons. The highest BCUT2D eigenvalue weighted by molar-refractivity contribution is 5.98. The van der Waals surface area contributed by atoms with Gasteiger partial charge in [0.1, 0.15) is 5.75 Å². The molecule has 2 aromatic carbocycles. The van der Waals surface area contributed by atoms with Crippen LogP contribution in [0.2, 0.25) is 0 Å². The number of fused-ring (bicyclic) bond motifs is 1. The Bertz CT molecular complexity index is 712. The summed E-state index contributed by atoms with van der Waals surface area (Å²) < 4.78 is 5.19. The molecule has 5 nitrogen and oxygen atoms in total. The standard InChI is InChI=1S/C19H23NO4/c1-24-17-10-9-14-12-16(8-7-15(14)13-17)19(23)20-11-5-3-2-4-6-18(21)22/h7-10,12-13H,2-6,11H2,1H3,(H,20,23)(H,21,22). The molecule has 0 aliphatic rings. The van der Waals surface area contributed by atoms with Crippen molar-refractivity contribution < 1.29 is 19.4 Å². The monoisotopic (exact) mass is 329 g/mol. The lowest BCUT2D eigenvalue weighted by Gasteiger charge is -2.07. The predicted octanol–water partition coefficient (Wildman–Crippen LogP) is 3.61. The van der Waals surface area contributed by atoms with E-state index in [-0.39, 0.29) is 12.3 Å². The molecule has 0 fully saturated rings. The molecule has 0 saturated carbocycles. The molecule has 0 aliphatic heterocycles. The van der Waals surface area contributed by atoms with Crippen molar-refractivity contribution in [3.8, 4) is 5.75 Å². The van der Waals surface area contributed by atoms with Gasteiger partial charge in [-0.1, -0.05) is 25.0 Å². The highest BCUT2D eigenvalue weighted by atomic mass is 16.5. The van der Waals surface area contributed by atoms with Crippen LogP contribution in [0.4, 0.5) is 0 Å². The molecule has 0 spiro atoms. The van der Waals surface area contributed by atoms with E-state index in [0.717, 1.165) is 35.8 Å². The van der Waals surface area contributed by atoms with Crippen LogP contribution in [0.1, 0.15) is 42.5 Å². The first-order valence-electron chi connectivity index (χ1n) is 8.18. The molecule has 2 rings (SSSR count). The lowest BCUT2D eigenvalue weighted by Crippen LogP contribution is -2.24. The SMILES string of the molecule is COc1ccc2cc(C(=O)NCCCCCCC(=O)O)ccc2c1. The van der Waals surface area contributed by atoms with Crippen LogP contribution in [-0.4, -0.2) is 30.6 Å². The van der Waals surface area contributed by atoms with Gasteiger partial charge in [0.25, 0.3) is 5.91 Å². The third-order valence-electron chi connectivity index (χ3n) is 3.91. The summed E-state index contributed by atoms with van der Waals surface area (Å²) in [5.74, 6) is -0.0434.